The second-order valence-electron chi connectivity index (χ2n) is 6.37. The first-order valence-electron chi connectivity index (χ1n) is 8.72. The summed E-state index contributed by atoms with van der Waals surface area (Å²) in [5.41, 5.74) is 3.07. The molecule has 7 heteroatoms. The highest BCUT2D eigenvalue weighted by Crippen LogP contribution is 2.22. The van der Waals surface area contributed by atoms with Gasteiger partial charge in [0.1, 0.15) is 11.8 Å². The fraction of sp³-hybridized carbons (Fsp3) is 0.421. The molecule has 0 aliphatic rings. The van der Waals surface area contributed by atoms with E-state index in [0.29, 0.717) is 18.8 Å². The number of ether oxygens (including phenoxy) is 1. The Labute approximate surface area is 153 Å². The molecule has 26 heavy (non-hydrogen) atoms. The molecule has 3 rings (SSSR count). The van der Waals surface area contributed by atoms with Crippen molar-refractivity contribution in [3.05, 3.63) is 58.9 Å². The highest BCUT2D eigenvalue weighted by molar-refractivity contribution is 5.35. The first-order chi connectivity index (χ1) is 12.5. The molecule has 2 aromatic heterocycles. The first kappa shape index (κ1) is 18.1. The van der Waals surface area contributed by atoms with Crippen LogP contribution in [0.5, 0.6) is 5.75 Å². The van der Waals surface area contributed by atoms with Gasteiger partial charge in [0.2, 0.25) is 0 Å². The summed E-state index contributed by atoms with van der Waals surface area (Å²) in [5.74, 6) is 2.31. The van der Waals surface area contributed by atoms with Crippen molar-refractivity contribution >= 4 is 0 Å². The zero-order chi connectivity index (χ0) is 18.7. The molecule has 0 fully saturated rings. The lowest BCUT2D eigenvalue weighted by Gasteiger charge is -2.14. The normalized spacial score (nSPS) is 12.3. The molecule has 0 amide bonds. The highest BCUT2D eigenvalue weighted by Gasteiger charge is 2.20. The number of aromatic nitrogens is 5. The van der Waals surface area contributed by atoms with E-state index in [1.807, 2.05) is 55.8 Å². The van der Waals surface area contributed by atoms with E-state index in [-0.39, 0.29) is 12.6 Å². The number of hydrogen-bond acceptors (Lipinski definition) is 5. The minimum absolute atomic E-state index is 0.00823. The molecule has 2 heterocycles. The molecule has 1 N–H and O–H groups in total. The monoisotopic (exact) mass is 355 g/mol. The lowest BCUT2D eigenvalue weighted by Crippen LogP contribution is -2.18. The second-order valence-corrected chi connectivity index (χ2v) is 6.37. The Hall–Kier alpha value is -2.67. The van der Waals surface area contributed by atoms with E-state index in [1.54, 1.807) is 11.8 Å². The Morgan fingerprint density at radius 2 is 1.96 bits per heavy atom. The number of rotatable bonds is 7. The van der Waals surface area contributed by atoms with Crippen molar-refractivity contribution in [2.45, 2.75) is 39.8 Å². The second kappa shape index (κ2) is 7.70. The maximum atomic E-state index is 9.41. The molecule has 3 aromatic rings. The van der Waals surface area contributed by atoms with Crippen LogP contribution in [0.25, 0.3) is 0 Å². The van der Waals surface area contributed by atoms with E-state index in [2.05, 4.69) is 10.2 Å². The molecule has 1 aromatic carbocycles. The van der Waals surface area contributed by atoms with Crippen molar-refractivity contribution in [2.24, 2.45) is 0 Å². The number of aryl methyl sites for hydroxylation is 2. The van der Waals surface area contributed by atoms with Gasteiger partial charge in [-0.2, -0.15) is 10.2 Å². The number of aliphatic hydroxyl groups excluding tert-OH is 1. The smallest absolute Gasteiger partial charge is 0.155 e. The van der Waals surface area contributed by atoms with Gasteiger partial charge in [0, 0.05) is 17.7 Å². The topological polar surface area (TPSA) is 78.0 Å². The van der Waals surface area contributed by atoms with Gasteiger partial charge in [-0.3, -0.25) is 4.68 Å². The lowest BCUT2D eigenvalue weighted by molar-refractivity contribution is 0.264. The predicted molar refractivity (Wildman–Crippen MR) is 98.4 cm³/mol. The molecule has 0 aliphatic heterocycles. The summed E-state index contributed by atoms with van der Waals surface area (Å²) in [6.07, 6.45) is 0.569. The summed E-state index contributed by atoms with van der Waals surface area (Å²) in [6, 6.07) is 9.82. The van der Waals surface area contributed by atoms with Crippen molar-refractivity contribution in [3.8, 4) is 5.75 Å². The van der Waals surface area contributed by atoms with Crippen molar-refractivity contribution in [3.63, 3.8) is 0 Å². The summed E-state index contributed by atoms with van der Waals surface area (Å²) in [7, 11) is 1.66. The molecule has 0 saturated heterocycles. The number of aliphatic hydroxyl groups is 1. The zero-order valence-electron chi connectivity index (χ0n) is 15.7. The van der Waals surface area contributed by atoms with Crippen LogP contribution in [-0.2, 0) is 13.0 Å². The molecule has 0 saturated carbocycles. The minimum Gasteiger partial charge on any atom is -0.496 e. The third-order valence-electron chi connectivity index (χ3n) is 4.38. The molecule has 1 atom stereocenters. The summed E-state index contributed by atoms with van der Waals surface area (Å²) in [4.78, 5) is 4.75. The van der Waals surface area contributed by atoms with Crippen LogP contribution in [0, 0.1) is 13.8 Å². The molecule has 138 valence electrons. The molecule has 1 unspecified atom stereocenters. The van der Waals surface area contributed by atoms with E-state index in [4.69, 9.17) is 9.72 Å². The van der Waals surface area contributed by atoms with Gasteiger partial charge in [0.25, 0.3) is 0 Å². The number of nitrogens with zero attached hydrogens (tertiary/aromatic N) is 5. The van der Waals surface area contributed by atoms with Crippen molar-refractivity contribution < 1.29 is 9.84 Å². The van der Waals surface area contributed by atoms with Crippen LogP contribution >= 0.6 is 0 Å². The van der Waals surface area contributed by atoms with E-state index in [9.17, 15) is 5.11 Å². The third kappa shape index (κ3) is 3.62. The van der Waals surface area contributed by atoms with Gasteiger partial charge >= 0.3 is 0 Å². The van der Waals surface area contributed by atoms with Gasteiger partial charge in [-0.25, -0.2) is 9.67 Å². The molecule has 0 bridgehead atoms. The summed E-state index contributed by atoms with van der Waals surface area (Å²) in [5, 5.41) is 18.6. The first-order valence-corrected chi connectivity index (χ1v) is 8.72. The third-order valence-corrected chi connectivity index (χ3v) is 4.38. The van der Waals surface area contributed by atoms with E-state index >= 15 is 0 Å². The molecular weight excluding hydrogens is 330 g/mol. The summed E-state index contributed by atoms with van der Waals surface area (Å²) >= 11 is 0. The summed E-state index contributed by atoms with van der Waals surface area (Å²) < 4.78 is 9.14. The van der Waals surface area contributed by atoms with Crippen molar-refractivity contribution in [2.75, 3.05) is 13.7 Å². The van der Waals surface area contributed by atoms with E-state index in [0.717, 1.165) is 28.5 Å². The SMILES string of the molecule is COc1ccccc1Cc1nc(C(C)n2nc(C)cc2C)n(CCO)n1. The van der Waals surface area contributed by atoms with Crippen LogP contribution in [0.2, 0.25) is 0 Å². The molecule has 0 aliphatic carbocycles. The maximum Gasteiger partial charge on any atom is 0.155 e. The Morgan fingerprint density at radius 1 is 1.19 bits per heavy atom. The highest BCUT2D eigenvalue weighted by atomic mass is 16.5. The fourth-order valence-corrected chi connectivity index (χ4v) is 3.21. The zero-order valence-corrected chi connectivity index (χ0v) is 15.7. The Bertz CT molecular complexity index is 884. The van der Waals surface area contributed by atoms with Crippen LogP contribution in [-0.4, -0.2) is 43.4 Å². The number of benzene rings is 1. The number of para-hydroxylation sites is 1. The molecule has 7 nitrogen and oxygen atoms in total. The Balaban J connectivity index is 1.94. The largest absolute Gasteiger partial charge is 0.496 e. The van der Waals surface area contributed by atoms with Crippen LogP contribution in [0.3, 0.4) is 0 Å². The van der Waals surface area contributed by atoms with Crippen molar-refractivity contribution in [1.82, 2.24) is 24.5 Å². The minimum atomic E-state index is -0.0748. The van der Waals surface area contributed by atoms with Crippen LogP contribution < -0.4 is 4.74 Å². The average molecular weight is 355 g/mol. The lowest BCUT2D eigenvalue weighted by atomic mass is 10.1. The van der Waals surface area contributed by atoms with Crippen molar-refractivity contribution in [1.29, 1.82) is 0 Å². The number of hydrogen-bond donors (Lipinski definition) is 1. The summed E-state index contributed by atoms with van der Waals surface area (Å²) in [6.45, 7) is 6.46. The molecule has 0 radical (unpaired) electrons. The Kier molecular flexibility index (Phi) is 5.37. The number of methoxy groups -OCH3 is 1. The van der Waals surface area contributed by atoms with Gasteiger partial charge in [0.15, 0.2) is 11.6 Å². The molecule has 0 spiro atoms. The maximum absolute atomic E-state index is 9.41. The standard InChI is InChI=1S/C19H25N5O2/c1-13-11-14(2)24(21-13)15(3)19-20-18(22-23(19)9-10-25)12-16-7-5-6-8-17(16)26-4/h5-8,11,15,25H,9-10,12H2,1-4H3. The van der Waals surface area contributed by atoms with E-state index < -0.39 is 0 Å². The van der Waals surface area contributed by atoms with Gasteiger partial charge < -0.3 is 9.84 Å². The van der Waals surface area contributed by atoms with E-state index in [1.165, 1.54) is 0 Å². The van der Waals surface area contributed by atoms with Gasteiger partial charge in [-0.1, -0.05) is 18.2 Å². The van der Waals surface area contributed by atoms with Crippen LogP contribution in [0.1, 0.15) is 41.6 Å². The molecular formula is C19H25N5O2. The average Bonchev–Trinajstić information content (AvgIpc) is 3.17. The fourth-order valence-electron chi connectivity index (χ4n) is 3.21. The quantitative estimate of drug-likeness (QED) is 0.703. The van der Waals surface area contributed by atoms with Crippen LogP contribution in [0.4, 0.5) is 0 Å². The Morgan fingerprint density at radius 3 is 2.62 bits per heavy atom. The van der Waals surface area contributed by atoms with Crippen LogP contribution in [0.15, 0.2) is 30.3 Å². The van der Waals surface area contributed by atoms with Gasteiger partial charge in [0.05, 0.1) is 26.0 Å². The predicted octanol–water partition coefficient (Wildman–Crippen LogP) is 2.29. The van der Waals surface area contributed by atoms with Gasteiger partial charge in [-0.05, 0) is 32.9 Å². The van der Waals surface area contributed by atoms with Gasteiger partial charge in [-0.15, -0.1) is 0 Å².